The van der Waals surface area contributed by atoms with Crippen LogP contribution < -0.4 is 5.32 Å². The van der Waals surface area contributed by atoms with Crippen LogP contribution in [-0.4, -0.2) is 46.1 Å². The molecular weight excluding hydrogens is 393 g/mol. The third-order valence-corrected chi connectivity index (χ3v) is 6.04. The topological polar surface area (TPSA) is 50.2 Å². The number of amides is 1. The van der Waals surface area contributed by atoms with Gasteiger partial charge in [0.1, 0.15) is 11.7 Å². The fourth-order valence-electron chi connectivity index (χ4n) is 4.27. The maximum absolute atomic E-state index is 13.5. The Morgan fingerprint density at radius 2 is 1.97 bits per heavy atom. The Kier molecular flexibility index (Phi) is 4.36. The molecule has 8 heteroatoms. The molecule has 0 radical (unpaired) electrons. The Labute approximate surface area is 171 Å². The molecule has 1 saturated carbocycles. The average Bonchev–Trinajstić information content (AvgIpc) is 3.18. The van der Waals surface area contributed by atoms with Crippen molar-refractivity contribution in [3.8, 4) is 5.69 Å². The monoisotopic (exact) mass is 414 g/mol. The minimum atomic E-state index is -2.87. The van der Waals surface area contributed by atoms with Crippen molar-refractivity contribution in [3.05, 3.63) is 59.5 Å². The number of alkyl halides is 2. The molecule has 1 N–H and O–H groups in total. The van der Waals surface area contributed by atoms with Crippen LogP contribution in [0.5, 0.6) is 0 Å². The van der Waals surface area contributed by atoms with Crippen molar-refractivity contribution in [1.82, 2.24) is 20.0 Å². The lowest BCUT2D eigenvalue weighted by Crippen LogP contribution is -2.49. The Bertz CT molecular complexity index is 1130. The standard InChI is InChI=1S/C22H21F3N4O/c1-13-8-19-14(11-27-29(19)16-4-2-15(23)3-5-16)9-17(13)20-12-26-6-7-28(20)21(30)18-10-22(18,24)25/h2-5,8-9,11,18,20,26H,6-7,10,12H2,1H3/t18?,20-/m0/s1. The summed E-state index contributed by atoms with van der Waals surface area (Å²) in [7, 11) is 0. The van der Waals surface area contributed by atoms with Crippen molar-refractivity contribution in [3.63, 3.8) is 0 Å². The fraction of sp³-hybridized carbons (Fsp3) is 0.364. The zero-order chi connectivity index (χ0) is 21.0. The zero-order valence-electron chi connectivity index (χ0n) is 16.4. The van der Waals surface area contributed by atoms with Crippen molar-refractivity contribution >= 4 is 16.8 Å². The van der Waals surface area contributed by atoms with E-state index in [1.165, 1.54) is 12.1 Å². The van der Waals surface area contributed by atoms with Crippen LogP contribution in [0.3, 0.4) is 0 Å². The van der Waals surface area contributed by atoms with E-state index < -0.39 is 17.7 Å². The molecule has 1 aliphatic carbocycles. The van der Waals surface area contributed by atoms with Gasteiger partial charge in [-0.25, -0.2) is 17.9 Å². The lowest BCUT2D eigenvalue weighted by Gasteiger charge is -2.37. The summed E-state index contributed by atoms with van der Waals surface area (Å²) in [5.74, 6) is -4.84. The first kappa shape index (κ1) is 19.1. The molecule has 3 aromatic rings. The zero-order valence-corrected chi connectivity index (χ0v) is 16.4. The van der Waals surface area contributed by atoms with Crippen molar-refractivity contribution < 1.29 is 18.0 Å². The van der Waals surface area contributed by atoms with Gasteiger partial charge in [-0.05, 0) is 54.4 Å². The average molecular weight is 414 g/mol. The molecule has 1 aromatic heterocycles. The summed E-state index contributed by atoms with van der Waals surface area (Å²) in [5.41, 5.74) is 3.47. The summed E-state index contributed by atoms with van der Waals surface area (Å²) in [6.07, 6.45) is 1.37. The highest BCUT2D eigenvalue weighted by Gasteiger charge is 2.62. The molecule has 156 valence electrons. The lowest BCUT2D eigenvalue weighted by molar-refractivity contribution is -0.138. The van der Waals surface area contributed by atoms with Crippen LogP contribution in [0.25, 0.3) is 16.6 Å². The van der Waals surface area contributed by atoms with E-state index in [1.807, 2.05) is 19.1 Å². The van der Waals surface area contributed by atoms with Crippen LogP contribution in [0.15, 0.2) is 42.6 Å². The van der Waals surface area contributed by atoms with E-state index in [1.54, 1.807) is 27.9 Å². The number of hydrogen-bond donors (Lipinski definition) is 1. The number of nitrogens with zero attached hydrogens (tertiary/aromatic N) is 3. The largest absolute Gasteiger partial charge is 0.333 e. The summed E-state index contributed by atoms with van der Waals surface area (Å²) >= 11 is 0. The molecule has 1 saturated heterocycles. The number of benzene rings is 2. The van der Waals surface area contributed by atoms with Gasteiger partial charge in [0.15, 0.2) is 0 Å². The number of carbonyl (C=O) groups excluding carboxylic acids is 1. The van der Waals surface area contributed by atoms with Crippen molar-refractivity contribution in [2.24, 2.45) is 5.92 Å². The van der Waals surface area contributed by atoms with E-state index in [4.69, 9.17) is 0 Å². The van der Waals surface area contributed by atoms with Gasteiger partial charge in [0, 0.05) is 31.4 Å². The van der Waals surface area contributed by atoms with E-state index in [0.717, 1.165) is 27.7 Å². The second-order valence-electron chi connectivity index (χ2n) is 8.07. The molecule has 1 aliphatic heterocycles. The molecule has 30 heavy (non-hydrogen) atoms. The molecular formula is C22H21F3N4O. The molecule has 5 rings (SSSR count). The number of piperazine rings is 1. The summed E-state index contributed by atoms with van der Waals surface area (Å²) < 4.78 is 42.0. The second kappa shape index (κ2) is 6.84. The van der Waals surface area contributed by atoms with Crippen molar-refractivity contribution in [2.45, 2.75) is 25.3 Å². The van der Waals surface area contributed by atoms with E-state index >= 15 is 0 Å². The normalized spacial score (nSPS) is 23.0. The molecule has 2 aliphatic rings. The van der Waals surface area contributed by atoms with Crippen LogP contribution in [-0.2, 0) is 4.79 Å². The first-order valence-electron chi connectivity index (χ1n) is 9.98. The Balaban J connectivity index is 1.51. The molecule has 2 atom stereocenters. The van der Waals surface area contributed by atoms with E-state index in [9.17, 15) is 18.0 Å². The smallest absolute Gasteiger partial charge is 0.260 e. The van der Waals surface area contributed by atoms with Crippen LogP contribution >= 0.6 is 0 Å². The van der Waals surface area contributed by atoms with Gasteiger partial charge in [-0.2, -0.15) is 5.10 Å². The SMILES string of the molecule is Cc1cc2c(cnn2-c2ccc(F)cc2)cc1[C@@H]1CNCCN1C(=O)C1CC1(F)F. The minimum Gasteiger partial charge on any atom is -0.333 e. The van der Waals surface area contributed by atoms with E-state index in [0.29, 0.717) is 19.6 Å². The third kappa shape index (κ3) is 3.15. The maximum Gasteiger partial charge on any atom is 0.260 e. The molecule has 1 amide bonds. The van der Waals surface area contributed by atoms with Crippen LogP contribution in [0.4, 0.5) is 13.2 Å². The molecule has 2 fully saturated rings. The maximum atomic E-state index is 13.5. The molecule has 0 bridgehead atoms. The van der Waals surface area contributed by atoms with Crippen LogP contribution in [0.2, 0.25) is 0 Å². The highest BCUT2D eigenvalue weighted by Crippen LogP contribution is 2.50. The lowest BCUT2D eigenvalue weighted by atomic mass is 9.96. The first-order valence-corrected chi connectivity index (χ1v) is 9.98. The number of halogens is 3. The molecule has 0 spiro atoms. The summed E-state index contributed by atoms with van der Waals surface area (Å²) in [6, 6.07) is 9.73. The van der Waals surface area contributed by atoms with Gasteiger partial charge < -0.3 is 10.2 Å². The van der Waals surface area contributed by atoms with Gasteiger partial charge in [-0.1, -0.05) is 0 Å². The third-order valence-electron chi connectivity index (χ3n) is 6.04. The second-order valence-corrected chi connectivity index (χ2v) is 8.07. The number of rotatable bonds is 3. The van der Waals surface area contributed by atoms with Crippen molar-refractivity contribution in [2.75, 3.05) is 19.6 Å². The predicted octanol–water partition coefficient (Wildman–Crippen LogP) is 3.60. The number of aryl methyl sites for hydroxylation is 1. The minimum absolute atomic E-state index is 0.304. The molecule has 2 heterocycles. The number of hydrogen-bond acceptors (Lipinski definition) is 3. The fourth-order valence-corrected chi connectivity index (χ4v) is 4.27. The van der Waals surface area contributed by atoms with Gasteiger partial charge in [-0.3, -0.25) is 4.79 Å². The Morgan fingerprint density at radius 1 is 1.23 bits per heavy atom. The Hall–Kier alpha value is -2.87. The molecule has 2 aromatic carbocycles. The first-order chi connectivity index (χ1) is 14.3. The van der Waals surface area contributed by atoms with Gasteiger partial charge >= 0.3 is 0 Å². The van der Waals surface area contributed by atoms with Crippen LogP contribution in [0, 0.1) is 18.7 Å². The van der Waals surface area contributed by atoms with Gasteiger partial charge in [0.2, 0.25) is 5.91 Å². The van der Waals surface area contributed by atoms with E-state index in [2.05, 4.69) is 10.4 Å². The Morgan fingerprint density at radius 3 is 2.67 bits per heavy atom. The molecule has 5 nitrogen and oxygen atoms in total. The predicted molar refractivity (Wildman–Crippen MR) is 106 cm³/mol. The van der Waals surface area contributed by atoms with Gasteiger partial charge in [0.25, 0.3) is 5.92 Å². The van der Waals surface area contributed by atoms with Crippen LogP contribution in [0.1, 0.15) is 23.6 Å². The highest BCUT2D eigenvalue weighted by molar-refractivity contribution is 5.85. The quantitative estimate of drug-likeness (QED) is 0.713. The van der Waals surface area contributed by atoms with Crippen molar-refractivity contribution in [1.29, 1.82) is 0 Å². The number of aromatic nitrogens is 2. The van der Waals surface area contributed by atoms with Gasteiger partial charge in [-0.15, -0.1) is 0 Å². The summed E-state index contributed by atoms with van der Waals surface area (Å²) in [5, 5.41) is 8.58. The van der Waals surface area contributed by atoms with Gasteiger partial charge in [0.05, 0.1) is 23.4 Å². The number of fused-ring (bicyclic) bond motifs is 1. The molecule has 1 unspecified atom stereocenters. The number of nitrogens with one attached hydrogen (secondary N) is 1. The highest BCUT2D eigenvalue weighted by atomic mass is 19.3. The van der Waals surface area contributed by atoms with E-state index in [-0.39, 0.29) is 18.3 Å². The number of carbonyl (C=O) groups is 1. The summed E-state index contributed by atoms with van der Waals surface area (Å²) in [4.78, 5) is 14.3. The summed E-state index contributed by atoms with van der Waals surface area (Å²) in [6.45, 7) is 3.45.